The lowest BCUT2D eigenvalue weighted by Crippen LogP contribution is -2.52. The maximum atomic E-state index is 9.24. The molecular weight excluding hydrogens is 192 g/mol. The molecule has 1 saturated carbocycles. The van der Waals surface area contributed by atoms with Crippen molar-refractivity contribution in [3.05, 3.63) is 11.6 Å². The van der Waals surface area contributed by atoms with Crippen molar-refractivity contribution in [2.45, 2.75) is 33.6 Å². The molecule has 0 aromatic heterocycles. The van der Waals surface area contributed by atoms with Gasteiger partial charge in [0.05, 0.1) is 0 Å². The van der Waals surface area contributed by atoms with E-state index in [0.717, 1.165) is 12.8 Å². The average molecular weight is 212 g/mol. The summed E-state index contributed by atoms with van der Waals surface area (Å²) in [5, 5.41) is 16.7. The van der Waals surface area contributed by atoms with Crippen LogP contribution in [0.4, 0.5) is 0 Å². The van der Waals surface area contributed by atoms with Crippen molar-refractivity contribution in [1.29, 1.82) is 0 Å². The van der Waals surface area contributed by atoms with Crippen molar-refractivity contribution in [1.82, 2.24) is 0 Å². The van der Waals surface area contributed by atoms with E-state index < -0.39 is 5.97 Å². The van der Waals surface area contributed by atoms with Gasteiger partial charge in [-0.2, -0.15) is 0 Å². The van der Waals surface area contributed by atoms with E-state index in [0.29, 0.717) is 12.5 Å². The van der Waals surface area contributed by atoms with Crippen LogP contribution in [0.1, 0.15) is 33.6 Å². The fraction of sp³-hybridized carbons (Fsp3) is 0.750. The van der Waals surface area contributed by atoms with Crippen LogP contribution < -0.4 is 0 Å². The number of aliphatic hydroxyl groups excluding tert-OH is 1. The molecule has 3 rings (SSSR count). The molecule has 86 valence electrons. The van der Waals surface area contributed by atoms with Gasteiger partial charge in [-0.1, -0.05) is 18.6 Å². The van der Waals surface area contributed by atoms with Crippen LogP contribution in [0, 0.1) is 17.3 Å². The lowest BCUT2D eigenvalue weighted by molar-refractivity contribution is -0.134. The Kier molecular flexibility index (Phi) is 3.55. The van der Waals surface area contributed by atoms with Gasteiger partial charge in [0, 0.05) is 18.9 Å². The van der Waals surface area contributed by atoms with Crippen LogP contribution in [0.3, 0.4) is 0 Å². The molecule has 0 heterocycles. The molecule has 3 atom stereocenters. The number of hydrogen-bond acceptors (Lipinski definition) is 2. The number of rotatable bonds is 1. The molecule has 0 spiro atoms. The minimum atomic E-state index is -0.833. The second-order valence-electron chi connectivity index (χ2n) is 4.85. The van der Waals surface area contributed by atoms with Gasteiger partial charge in [-0.25, -0.2) is 0 Å². The van der Waals surface area contributed by atoms with Gasteiger partial charge in [0.25, 0.3) is 5.97 Å². The van der Waals surface area contributed by atoms with Gasteiger partial charge in [0.1, 0.15) is 0 Å². The Morgan fingerprint density at radius 3 is 2.47 bits per heavy atom. The van der Waals surface area contributed by atoms with Gasteiger partial charge in [0.15, 0.2) is 0 Å². The third-order valence-corrected chi connectivity index (χ3v) is 3.86. The minimum Gasteiger partial charge on any atom is -0.481 e. The Morgan fingerprint density at radius 1 is 1.67 bits per heavy atom. The molecule has 0 aromatic rings. The smallest absolute Gasteiger partial charge is 0.300 e. The molecule has 3 heteroatoms. The number of allylic oxidation sites excluding steroid dienone is 2. The number of hydrogen-bond donors (Lipinski definition) is 2. The molecule has 0 radical (unpaired) electrons. The van der Waals surface area contributed by atoms with E-state index in [9.17, 15) is 5.11 Å². The van der Waals surface area contributed by atoms with Crippen molar-refractivity contribution < 1.29 is 15.0 Å². The highest BCUT2D eigenvalue weighted by Crippen LogP contribution is 2.58. The predicted octanol–water partition coefficient (Wildman–Crippen LogP) is 2.06. The van der Waals surface area contributed by atoms with Gasteiger partial charge in [0.2, 0.25) is 0 Å². The molecule has 0 saturated heterocycles. The molecule has 3 nitrogen and oxygen atoms in total. The molecule has 3 unspecified atom stereocenters. The molecule has 2 bridgehead atoms. The molecule has 1 fully saturated rings. The molecule has 15 heavy (non-hydrogen) atoms. The first-order valence-electron chi connectivity index (χ1n) is 5.39. The molecular formula is C12H20O3. The third-order valence-electron chi connectivity index (χ3n) is 3.86. The van der Waals surface area contributed by atoms with Crippen LogP contribution in [-0.2, 0) is 4.79 Å². The predicted molar refractivity (Wildman–Crippen MR) is 58.5 cm³/mol. The second kappa shape index (κ2) is 4.35. The normalized spacial score (nSPS) is 36.9. The summed E-state index contributed by atoms with van der Waals surface area (Å²) in [4.78, 5) is 9.00. The van der Waals surface area contributed by atoms with Gasteiger partial charge in [-0.15, -0.1) is 0 Å². The first kappa shape index (κ1) is 12.2. The fourth-order valence-corrected chi connectivity index (χ4v) is 2.73. The van der Waals surface area contributed by atoms with E-state index in [1.54, 1.807) is 0 Å². The topological polar surface area (TPSA) is 57.5 Å². The second-order valence-corrected chi connectivity index (χ2v) is 4.85. The lowest BCUT2D eigenvalue weighted by atomic mass is 9.48. The number of aliphatic carboxylic acids is 1. The minimum absolute atomic E-state index is 0.235. The lowest BCUT2D eigenvalue weighted by Gasteiger charge is -2.57. The Balaban J connectivity index is 0.000000245. The van der Waals surface area contributed by atoms with Crippen LogP contribution in [0.5, 0.6) is 0 Å². The van der Waals surface area contributed by atoms with Gasteiger partial charge in [-0.05, 0) is 31.6 Å². The average Bonchev–Trinajstić information content (AvgIpc) is 2.15. The number of fused-ring (bicyclic) bond motifs is 1. The largest absolute Gasteiger partial charge is 0.481 e. The van der Waals surface area contributed by atoms with Crippen LogP contribution >= 0.6 is 0 Å². The van der Waals surface area contributed by atoms with Crippen LogP contribution in [0.2, 0.25) is 0 Å². The first-order valence-corrected chi connectivity index (χ1v) is 5.39. The molecule has 3 aliphatic carbocycles. The van der Waals surface area contributed by atoms with Crippen molar-refractivity contribution in [3.63, 3.8) is 0 Å². The maximum absolute atomic E-state index is 9.24. The van der Waals surface area contributed by atoms with Crippen LogP contribution in [-0.4, -0.2) is 22.8 Å². The highest BCUT2D eigenvalue weighted by molar-refractivity contribution is 5.62. The number of aliphatic hydroxyl groups is 1. The van der Waals surface area contributed by atoms with E-state index in [1.807, 2.05) is 0 Å². The summed E-state index contributed by atoms with van der Waals surface area (Å²) in [5.74, 6) is 0.618. The molecule has 0 amide bonds. The summed E-state index contributed by atoms with van der Waals surface area (Å²) in [6.07, 6.45) is 4.86. The zero-order chi connectivity index (χ0) is 11.6. The first-order chi connectivity index (χ1) is 6.91. The highest BCUT2D eigenvalue weighted by Gasteiger charge is 2.52. The van der Waals surface area contributed by atoms with E-state index in [1.165, 1.54) is 18.4 Å². The van der Waals surface area contributed by atoms with Crippen LogP contribution in [0.15, 0.2) is 11.6 Å². The maximum Gasteiger partial charge on any atom is 0.300 e. The van der Waals surface area contributed by atoms with Crippen molar-refractivity contribution in [2.75, 3.05) is 6.61 Å². The summed E-state index contributed by atoms with van der Waals surface area (Å²) in [6.45, 7) is 5.88. The van der Waals surface area contributed by atoms with Gasteiger partial charge in [-0.3, -0.25) is 4.79 Å². The van der Waals surface area contributed by atoms with Gasteiger partial charge < -0.3 is 10.2 Å². The number of carbonyl (C=O) groups is 1. The summed E-state index contributed by atoms with van der Waals surface area (Å²) in [7, 11) is 0. The third kappa shape index (κ3) is 2.23. The fourth-order valence-electron chi connectivity index (χ4n) is 2.73. The Hall–Kier alpha value is -0.830. The molecule has 0 aromatic carbocycles. The van der Waals surface area contributed by atoms with E-state index in [4.69, 9.17) is 9.90 Å². The summed E-state index contributed by atoms with van der Waals surface area (Å²) in [5.41, 5.74) is 1.74. The molecule has 3 aliphatic rings. The quantitative estimate of drug-likeness (QED) is 0.654. The summed E-state index contributed by atoms with van der Waals surface area (Å²) >= 11 is 0. The van der Waals surface area contributed by atoms with Crippen molar-refractivity contribution in [2.24, 2.45) is 17.3 Å². The van der Waals surface area contributed by atoms with Gasteiger partial charge >= 0.3 is 0 Å². The Bertz CT molecular complexity index is 279. The zero-order valence-electron chi connectivity index (χ0n) is 9.66. The Labute approximate surface area is 90.8 Å². The summed E-state index contributed by atoms with van der Waals surface area (Å²) < 4.78 is 0. The summed E-state index contributed by atoms with van der Waals surface area (Å²) in [6, 6.07) is 0. The number of carboxylic acids is 1. The monoisotopic (exact) mass is 212 g/mol. The van der Waals surface area contributed by atoms with E-state index >= 15 is 0 Å². The van der Waals surface area contributed by atoms with Crippen molar-refractivity contribution in [3.8, 4) is 0 Å². The molecule has 0 aliphatic heterocycles. The SMILES string of the molecule is CC(=O)O.CC1=CCC2CC1C2(C)CO. The van der Waals surface area contributed by atoms with E-state index in [2.05, 4.69) is 19.9 Å². The molecule has 2 N–H and O–H groups in total. The van der Waals surface area contributed by atoms with Crippen LogP contribution in [0.25, 0.3) is 0 Å². The standard InChI is InChI=1S/C10H16O.C2H4O2/c1-7-3-4-8-5-9(7)10(8,2)6-11;1-2(3)4/h3,8-9,11H,4-6H2,1-2H3;1H3,(H,3,4). The highest BCUT2D eigenvalue weighted by atomic mass is 16.4. The van der Waals surface area contributed by atoms with Crippen molar-refractivity contribution >= 4 is 5.97 Å². The zero-order valence-corrected chi connectivity index (χ0v) is 9.66. The Morgan fingerprint density at radius 2 is 2.20 bits per heavy atom. The number of carboxylic acid groups (broad SMARTS) is 1. The van der Waals surface area contributed by atoms with E-state index in [-0.39, 0.29) is 5.41 Å².